The van der Waals surface area contributed by atoms with Gasteiger partial charge >= 0.3 is 21.7 Å². The maximum atomic E-state index is 12.2. The lowest BCUT2D eigenvalue weighted by molar-refractivity contribution is -0.721. The number of unbranched alkanes of at least 4 members (excludes halogenated alkanes) is 1. The lowest BCUT2D eigenvalue weighted by atomic mass is 9.94. The minimum absolute atomic E-state index is 0.0140. The monoisotopic (exact) mass is 394 g/mol. The predicted molar refractivity (Wildman–Crippen MR) is 100 cm³/mol. The van der Waals surface area contributed by atoms with Crippen LogP contribution in [0.4, 0.5) is 0 Å². The van der Waals surface area contributed by atoms with Crippen LogP contribution < -0.4 is 0 Å². The van der Waals surface area contributed by atoms with Crippen molar-refractivity contribution >= 4 is 11.8 Å². The summed E-state index contributed by atoms with van der Waals surface area (Å²) >= 11 is 0. The first kappa shape index (κ1) is 18.7. The summed E-state index contributed by atoms with van der Waals surface area (Å²) in [7, 11) is 0. The minimum Gasteiger partial charge on any atom is -0.204 e. The molecule has 0 atom stereocenters. The highest BCUT2D eigenvalue weighted by atomic mass is 16.8. The molecule has 0 N–H and O–H groups in total. The van der Waals surface area contributed by atoms with E-state index >= 15 is 0 Å². The number of allylic oxidation sites excluding steroid dienone is 9. The summed E-state index contributed by atoms with van der Waals surface area (Å²) in [5, 5.41) is 0. The number of carbonyl (C=O) groups is 2. The van der Waals surface area contributed by atoms with Crippen molar-refractivity contribution < 1.29 is 29.1 Å². The molecule has 29 heavy (non-hydrogen) atoms. The van der Waals surface area contributed by atoms with Crippen LogP contribution in [0.1, 0.15) is 32.1 Å². The summed E-state index contributed by atoms with van der Waals surface area (Å²) in [6.45, 7) is 0. The highest BCUT2D eigenvalue weighted by Gasteiger charge is 2.41. The lowest BCUT2D eigenvalue weighted by Gasteiger charge is -2.15. The first-order valence-electron chi connectivity index (χ1n) is 9.31. The highest BCUT2D eigenvalue weighted by molar-refractivity contribution is 5.92. The van der Waals surface area contributed by atoms with Crippen LogP contribution in [0.3, 0.4) is 0 Å². The quantitative estimate of drug-likeness (QED) is 0.663. The van der Waals surface area contributed by atoms with Gasteiger partial charge < -0.3 is 0 Å². The molecule has 4 aliphatic rings. The van der Waals surface area contributed by atoms with Gasteiger partial charge in [0.2, 0.25) is 11.5 Å². The average Bonchev–Trinajstić information content (AvgIpc) is 2.72. The lowest BCUT2D eigenvalue weighted by Crippen LogP contribution is -2.28. The molecule has 0 aromatic carbocycles. The molecule has 0 spiro atoms. The fourth-order valence-corrected chi connectivity index (χ4v) is 3.53. The Bertz CT molecular complexity index is 1050. The number of amides is 2. The van der Waals surface area contributed by atoms with Gasteiger partial charge in [0.25, 0.3) is 0 Å². The van der Waals surface area contributed by atoms with Crippen LogP contribution in [-0.2, 0) is 19.3 Å². The Hall–Kier alpha value is -3.68. The van der Waals surface area contributed by atoms with Crippen LogP contribution in [0.2, 0.25) is 0 Å². The van der Waals surface area contributed by atoms with Gasteiger partial charge in [0, 0.05) is 11.1 Å². The highest BCUT2D eigenvalue weighted by Crippen LogP contribution is 2.32. The van der Waals surface area contributed by atoms with E-state index in [-0.39, 0.29) is 9.85 Å². The number of rotatable bonds is 5. The molecule has 0 saturated heterocycles. The molecule has 2 aliphatic heterocycles. The van der Waals surface area contributed by atoms with E-state index in [4.69, 9.17) is 9.68 Å². The van der Waals surface area contributed by atoms with Crippen LogP contribution in [0, 0.1) is 9.81 Å². The van der Waals surface area contributed by atoms with Gasteiger partial charge in [0.1, 0.15) is 5.57 Å². The van der Waals surface area contributed by atoms with Crippen LogP contribution in [-0.4, -0.2) is 21.7 Å². The van der Waals surface area contributed by atoms with Crippen molar-refractivity contribution in [3.05, 3.63) is 92.2 Å². The van der Waals surface area contributed by atoms with E-state index in [0.29, 0.717) is 60.3 Å². The van der Waals surface area contributed by atoms with Gasteiger partial charge in [-0.1, -0.05) is 30.4 Å². The third kappa shape index (κ3) is 3.56. The Morgan fingerprint density at radius 1 is 0.897 bits per heavy atom. The zero-order valence-electron chi connectivity index (χ0n) is 15.5. The standard InChI is InChI=1S/C21H18N2O6/c24-20-16(14-8-4-6-12-18(14)28-22(20)26)10-2-1-3-11-17-15-9-5-7-13-19(15)29-23(27)21(17)25/h2,4-7,10,12-13H,1,3,8-9,11H2/q+2. The van der Waals surface area contributed by atoms with Crippen molar-refractivity contribution in [3.63, 3.8) is 0 Å². The molecule has 0 unspecified atom stereocenters. The number of fused-ring (bicyclic) bond motifs is 2. The second kappa shape index (κ2) is 7.75. The van der Waals surface area contributed by atoms with Gasteiger partial charge in [-0.2, -0.15) is 9.68 Å². The van der Waals surface area contributed by atoms with E-state index in [1.54, 1.807) is 36.5 Å². The van der Waals surface area contributed by atoms with E-state index in [9.17, 15) is 19.4 Å². The Kier molecular flexibility index (Phi) is 4.99. The SMILES string of the molecule is O=C1C(C=CCCCC2=C3CC=CC=C3O[N+](=O)C2=O)=C2CC=CC=C2O[N+]1=O. The van der Waals surface area contributed by atoms with Gasteiger partial charge in [-0.25, -0.2) is 9.59 Å². The van der Waals surface area contributed by atoms with E-state index in [2.05, 4.69) is 0 Å². The van der Waals surface area contributed by atoms with Crippen LogP contribution in [0.15, 0.2) is 82.4 Å². The third-order valence-electron chi connectivity index (χ3n) is 4.96. The second-order valence-electron chi connectivity index (χ2n) is 6.78. The molecule has 4 rings (SSSR count). The molecule has 2 aliphatic carbocycles. The van der Waals surface area contributed by atoms with Crippen LogP contribution >= 0.6 is 0 Å². The van der Waals surface area contributed by atoms with Gasteiger partial charge in [-0.05, 0) is 50.3 Å². The molecule has 0 fully saturated rings. The molecule has 8 heteroatoms. The molecule has 8 nitrogen and oxygen atoms in total. The average molecular weight is 394 g/mol. The first-order chi connectivity index (χ1) is 14.1. The number of nitrogens with zero attached hydrogens (tertiary/aromatic N) is 2. The van der Waals surface area contributed by atoms with Crippen molar-refractivity contribution in [1.82, 2.24) is 0 Å². The number of hydrogen-bond acceptors (Lipinski definition) is 6. The van der Waals surface area contributed by atoms with E-state index in [1.807, 2.05) is 12.2 Å². The predicted octanol–water partition coefficient (Wildman–Crippen LogP) is 3.50. The van der Waals surface area contributed by atoms with Crippen LogP contribution in [0.5, 0.6) is 0 Å². The van der Waals surface area contributed by atoms with Gasteiger partial charge in [-0.3, -0.25) is 0 Å². The van der Waals surface area contributed by atoms with Crippen LogP contribution in [0.25, 0.3) is 0 Å². The first-order valence-corrected chi connectivity index (χ1v) is 9.31. The molecule has 0 aromatic heterocycles. The molecule has 0 aromatic rings. The smallest absolute Gasteiger partial charge is 0.204 e. The fourth-order valence-electron chi connectivity index (χ4n) is 3.53. The molecule has 146 valence electrons. The third-order valence-corrected chi connectivity index (χ3v) is 4.96. The van der Waals surface area contributed by atoms with Crippen molar-refractivity contribution in [1.29, 1.82) is 0 Å². The summed E-state index contributed by atoms with van der Waals surface area (Å²) in [6, 6.07) is 0. The fraction of sp³-hybridized carbons (Fsp3) is 0.238. The molecule has 2 heterocycles. The summed E-state index contributed by atoms with van der Waals surface area (Å²) < 4.78 is 0. The van der Waals surface area contributed by atoms with Crippen molar-refractivity contribution in [2.24, 2.45) is 0 Å². The Morgan fingerprint density at radius 3 is 2.24 bits per heavy atom. The van der Waals surface area contributed by atoms with Gasteiger partial charge in [0.15, 0.2) is 0 Å². The molecule has 2 amide bonds. The normalized spacial score (nSPS) is 21.1. The van der Waals surface area contributed by atoms with E-state index < -0.39 is 11.8 Å². The van der Waals surface area contributed by atoms with Crippen molar-refractivity contribution in [2.75, 3.05) is 0 Å². The Balaban J connectivity index is 1.45. The Morgan fingerprint density at radius 2 is 1.52 bits per heavy atom. The van der Waals surface area contributed by atoms with Crippen molar-refractivity contribution in [2.45, 2.75) is 32.1 Å². The molecule has 0 saturated carbocycles. The van der Waals surface area contributed by atoms with Gasteiger partial charge in [-0.15, -0.1) is 0 Å². The maximum absolute atomic E-state index is 12.2. The topological polar surface area (TPSA) is 92.8 Å². The Labute approximate surface area is 165 Å². The zero-order chi connectivity index (χ0) is 20.4. The summed E-state index contributed by atoms with van der Waals surface area (Å²) in [5.41, 5.74) is 2.17. The maximum Gasteiger partial charge on any atom is 0.523 e. The molecule has 0 bridgehead atoms. The molecular weight excluding hydrogens is 376 g/mol. The molecular formula is C21H18N2O6+2. The molecule has 0 radical (unpaired) electrons. The largest absolute Gasteiger partial charge is 0.523 e. The number of carbonyl (C=O) groups excluding carboxylic acids is 2. The number of hydrogen-bond donors (Lipinski definition) is 0. The second-order valence-corrected chi connectivity index (χ2v) is 6.78. The van der Waals surface area contributed by atoms with Gasteiger partial charge in [0.05, 0.1) is 15.4 Å². The van der Waals surface area contributed by atoms with Crippen molar-refractivity contribution in [3.8, 4) is 0 Å². The van der Waals surface area contributed by atoms with E-state index in [1.165, 1.54) is 0 Å². The van der Waals surface area contributed by atoms with E-state index in [0.717, 1.165) is 5.57 Å². The zero-order valence-corrected chi connectivity index (χ0v) is 15.5. The summed E-state index contributed by atoms with van der Waals surface area (Å²) in [6.07, 6.45) is 16.7. The summed E-state index contributed by atoms with van der Waals surface area (Å²) in [5.74, 6) is -0.625. The summed E-state index contributed by atoms with van der Waals surface area (Å²) in [4.78, 5) is 57.6. The minimum atomic E-state index is -0.737.